The maximum atomic E-state index is 11.7. The molecule has 0 saturated heterocycles. The molecule has 0 bridgehead atoms. The Kier molecular flexibility index (Phi) is 9.66. The first-order valence-corrected chi connectivity index (χ1v) is 7.39. The number of hydrogen-bond donors (Lipinski definition) is 2. The van der Waals surface area contributed by atoms with E-state index in [0.29, 0.717) is 26.2 Å². The van der Waals surface area contributed by atoms with Gasteiger partial charge in [0.15, 0.2) is 0 Å². The maximum absolute atomic E-state index is 11.7. The molecule has 0 spiro atoms. The molecule has 0 fully saturated rings. The largest absolute Gasteiger partial charge is 0.383 e. The lowest BCUT2D eigenvalue weighted by Crippen LogP contribution is -2.41. The summed E-state index contributed by atoms with van der Waals surface area (Å²) >= 11 is 0. The predicted molar refractivity (Wildman–Crippen MR) is 69.2 cm³/mol. The molecular formula is C10H25N3O3S. The van der Waals surface area contributed by atoms with Crippen molar-refractivity contribution >= 4 is 10.2 Å². The second-order valence-corrected chi connectivity index (χ2v) is 5.68. The lowest BCUT2D eigenvalue weighted by molar-refractivity contribution is 0.199. The molecule has 0 aliphatic heterocycles. The van der Waals surface area contributed by atoms with Crippen molar-refractivity contribution in [1.29, 1.82) is 0 Å². The molecule has 0 amide bonds. The molecule has 17 heavy (non-hydrogen) atoms. The third-order valence-electron chi connectivity index (χ3n) is 2.31. The number of hydrogen-bond acceptors (Lipinski definition) is 4. The number of unbranched alkanes of at least 4 members (excludes halogenated alkanes) is 1. The van der Waals surface area contributed by atoms with Crippen LogP contribution in [0.5, 0.6) is 0 Å². The van der Waals surface area contributed by atoms with Crippen molar-refractivity contribution in [3.05, 3.63) is 0 Å². The van der Waals surface area contributed by atoms with Crippen LogP contribution >= 0.6 is 0 Å². The van der Waals surface area contributed by atoms with Gasteiger partial charge in [0.2, 0.25) is 0 Å². The first-order chi connectivity index (χ1) is 8.04. The van der Waals surface area contributed by atoms with Gasteiger partial charge in [-0.05, 0) is 6.42 Å². The Morgan fingerprint density at radius 3 is 2.53 bits per heavy atom. The standard InChI is InChI=1S/C10H25N3O3S/c1-4-5-9-13(2)17(14,15)12-7-6-11-8-10-16-3/h11-12H,4-10H2,1-3H3. The highest BCUT2D eigenvalue weighted by Gasteiger charge is 2.15. The summed E-state index contributed by atoms with van der Waals surface area (Å²) in [5.74, 6) is 0. The number of methoxy groups -OCH3 is 1. The fraction of sp³-hybridized carbons (Fsp3) is 1.00. The van der Waals surface area contributed by atoms with E-state index in [1.807, 2.05) is 6.92 Å². The van der Waals surface area contributed by atoms with Gasteiger partial charge in [0.1, 0.15) is 0 Å². The van der Waals surface area contributed by atoms with E-state index in [0.717, 1.165) is 19.4 Å². The van der Waals surface area contributed by atoms with E-state index in [1.54, 1.807) is 14.2 Å². The first-order valence-electron chi connectivity index (χ1n) is 5.95. The molecule has 0 aliphatic rings. The van der Waals surface area contributed by atoms with E-state index in [1.165, 1.54) is 4.31 Å². The van der Waals surface area contributed by atoms with Crippen molar-refractivity contribution in [1.82, 2.24) is 14.3 Å². The second-order valence-electron chi connectivity index (χ2n) is 3.82. The normalized spacial score (nSPS) is 12.2. The minimum atomic E-state index is -3.31. The summed E-state index contributed by atoms with van der Waals surface area (Å²) in [6.07, 6.45) is 1.86. The third-order valence-corrected chi connectivity index (χ3v) is 3.88. The molecular weight excluding hydrogens is 242 g/mol. The zero-order valence-electron chi connectivity index (χ0n) is 11.0. The van der Waals surface area contributed by atoms with Gasteiger partial charge in [0, 0.05) is 40.3 Å². The monoisotopic (exact) mass is 267 g/mol. The molecule has 0 saturated carbocycles. The van der Waals surface area contributed by atoms with Gasteiger partial charge in [-0.2, -0.15) is 12.7 Å². The van der Waals surface area contributed by atoms with Gasteiger partial charge in [0.25, 0.3) is 10.2 Å². The van der Waals surface area contributed by atoms with Crippen LogP contribution < -0.4 is 10.0 Å². The zero-order chi connectivity index (χ0) is 13.1. The van der Waals surface area contributed by atoms with Gasteiger partial charge in [-0.3, -0.25) is 0 Å². The molecule has 0 radical (unpaired) electrons. The second kappa shape index (κ2) is 9.78. The van der Waals surface area contributed by atoms with Gasteiger partial charge in [-0.25, -0.2) is 4.72 Å². The molecule has 0 heterocycles. The van der Waals surface area contributed by atoms with E-state index in [-0.39, 0.29) is 0 Å². The molecule has 0 unspecified atom stereocenters. The van der Waals surface area contributed by atoms with E-state index in [9.17, 15) is 8.42 Å². The molecule has 104 valence electrons. The highest BCUT2D eigenvalue weighted by Crippen LogP contribution is 1.97. The lowest BCUT2D eigenvalue weighted by atomic mass is 10.3. The van der Waals surface area contributed by atoms with Gasteiger partial charge < -0.3 is 10.1 Å². The summed E-state index contributed by atoms with van der Waals surface area (Å²) < 4.78 is 32.1. The van der Waals surface area contributed by atoms with Crippen LogP contribution in [0.2, 0.25) is 0 Å². The van der Waals surface area contributed by atoms with Crippen LogP contribution in [0.15, 0.2) is 0 Å². The number of nitrogens with zero attached hydrogens (tertiary/aromatic N) is 1. The minimum absolute atomic E-state index is 0.391. The Morgan fingerprint density at radius 2 is 1.94 bits per heavy atom. The van der Waals surface area contributed by atoms with Crippen molar-refractivity contribution in [2.24, 2.45) is 0 Å². The third kappa shape index (κ3) is 8.50. The predicted octanol–water partition coefficient (Wildman–Crippen LogP) is -0.211. The molecule has 2 N–H and O–H groups in total. The summed E-state index contributed by atoms with van der Waals surface area (Å²) in [6.45, 7) is 4.94. The van der Waals surface area contributed by atoms with Crippen molar-refractivity contribution in [3.63, 3.8) is 0 Å². The summed E-state index contributed by atoms with van der Waals surface area (Å²) in [6, 6.07) is 0. The topological polar surface area (TPSA) is 70.7 Å². The molecule has 0 aliphatic carbocycles. The molecule has 6 nitrogen and oxygen atoms in total. The zero-order valence-corrected chi connectivity index (χ0v) is 11.8. The maximum Gasteiger partial charge on any atom is 0.279 e. The molecule has 0 rings (SSSR count). The molecule has 0 aromatic carbocycles. The van der Waals surface area contributed by atoms with Gasteiger partial charge in [-0.15, -0.1) is 0 Å². The van der Waals surface area contributed by atoms with Crippen molar-refractivity contribution in [2.75, 3.05) is 46.9 Å². The number of ether oxygens (including phenoxy) is 1. The average Bonchev–Trinajstić information content (AvgIpc) is 2.30. The van der Waals surface area contributed by atoms with E-state index >= 15 is 0 Å². The van der Waals surface area contributed by atoms with Crippen LogP contribution in [0, 0.1) is 0 Å². The highest BCUT2D eigenvalue weighted by molar-refractivity contribution is 7.87. The summed E-state index contributed by atoms with van der Waals surface area (Å²) in [5.41, 5.74) is 0. The van der Waals surface area contributed by atoms with Crippen LogP contribution in [0.1, 0.15) is 19.8 Å². The fourth-order valence-corrected chi connectivity index (χ4v) is 2.13. The van der Waals surface area contributed by atoms with Crippen LogP contribution in [0.25, 0.3) is 0 Å². The van der Waals surface area contributed by atoms with E-state index < -0.39 is 10.2 Å². The van der Waals surface area contributed by atoms with Gasteiger partial charge in [-0.1, -0.05) is 13.3 Å². The van der Waals surface area contributed by atoms with E-state index in [4.69, 9.17) is 4.74 Å². The fourth-order valence-electron chi connectivity index (χ4n) is 1.18. The SMILES string of the molecule is CCCCN(C)S(=O)(=O)NCCNCCOC. The smallest absolute Gasteiger partial charge is 0.279 e. The Hall–Kier alpha value is -0.210. The highest BCUT2D eigenvalue weighted by atomic mass is 32.2. The lowest BCUT2D eigenvalue weighted by Gasteiger charge is -2.17. The Bertz CT molecular complexity index is 270. The van der Waals surface area contributed by atoms with Crippen molar-refractivity contribution in [3.8, 4) is 0 Å². The minimum Gasteiger partial charge on any atom is -0.383 e. The number of rotatable bonds is 11. The molecule has 0 atom stereocenters. The molecule has 7 heteroatoms. The molecule has 0 aromatic rings. The quantitative estimate of drug-likeness (QED) is 0.508. The van der Waals surface area contributed by atoms with Crippen LogP contribution in [0.3, 0.4) is 0 Å². The Balaban J connectivity index is 3.70. The number of nitrogens with one attached hydrogen (secondary N) is 2. The first kappa shape index (κ1) is 16.8. The van der Waals surface area contributed by atoms with Crippen LogP contribution in [0.4, 0.5) is 0 Å². The Morgan fingerprint density at radius 1 is 1.24 bits per heavy atom. The van der Waals surface area contributed by atoms with Crippen LogP contribution in [-0.4, -0.2) is 59.7 Å². The Labute approximate surface area is 105 Å². The van der Waals surface area contributed by atoms with Gasteiger partial charge in [0.05, 0.1) is 6.61 Å². The van der Waals surface area contributed by atoms with Crippen LogP contribution in [-0.2, 0) is 14.9 Å². The van der Waals surface area contributed by atoms with Crippen molar-refractivity contribution < 1.29 is 13.2 Å². The summed E-state index contributed by atoms with van der Waals surface area (Å²) in [4.78, 5) is 0. The average molecular weight is 267 g/mol. The van der Waals surface area contributed by atoms with E-state index in [2.05, 4.69) is 10.0 Å². The van der Waals surface area contributed by atoms with Crippen molar-refractivity contribution in [2.45, 2.75) is 19.8 Å². The molecule has 0 aromatic heterocycles. The summed E-state index contributed by atoms with van der Waals surface area (Å²) in [5, 5.41) is 3.07. The van der Waals surface area contributed by atoms with Gasteiger partial charge >= 0.3 is 0 Å². The summed E-state index contributed by atoms with van der Waals surface area (Å²) in [7, 11) is -0.0876.